The first-order chi connectivity index (χ1) is 4.64. The number of hydrogen-bond acceptors (Lipinski definition) is 1. The molecule has 0 spiro atoms. The van der Waals surface area contributed by atoms with E-state index in [1.165, 1.54) is 0 Å². The molecule has 3 aliphatic carbocycles. The second kappa shape index (κ2) is 1.55. The summed E-state index contributed by atoms with van der Waals surface area (Å²) in [4.78, 5) is 10.9. The Hall–Kier alpha value is -0.530. The zero-order valence-electron chi connectivity index (χ0n) is 6.26. The highest BCUT2D eigenvalue weighted by molar-refractivity contribution is 5.82. The lowest BCUT2D eigenvalue weighted by atomic mass is 9.69. The van der Waals surface area contributed by atoms with Gasteiger partial charge in [0.25, 0.3) is 0 Å². The predicted molar refractivity (Wildman–Crippen MR) is 38.1 cm³/mol. The molecule has 2 N–H and O–H groups in total. The standard InChI is InChI=1S/C8H13NO/c1-5-2-8(7(9)10)3-6(5)4-8/h5-6H,2-4H2,1H3,(H2,9,10)/t5-,6?,8?/m1/s1. The highest BCUT2D eigenvalue weighted by Crippen LogP contribution is 2.61. The normalized spacial score (nSPS) is 50.5. The van der Waals surface area contributed by atoms with E-state index >= 15 is 0 Å². The van der Waals surface area contributed by atoms with Crippen LogP contribution in [-0.2, 0) is 4.79 Å². The molecule has 3 aliphatic rings. The average molecular weight is 139 g/mol. The summed E-state index contributed by atoms with van der Waals surface area (Å²) >= 11 is 0. The molecule has 1 atom stereocenters. The van der Waals surface area contributed by atoms with Crippen LogP contribution in [0.15, 0.2) is 0 Å². The Morgan fingerprint density at radius 3 is 2.30 bits per heavy atom. The zero-order chi connectivity index (χ0) is 7.35. The van der Waals surface area contributed by atoms with Gasteiger partial charge in [0.1, 0.15) is 0 Å². The van der Waals surface area contributed by atoms with Crippen molar-refractivity contribution in [2.24, 2.45) is 23.0 Å². The van der Waals surface area contributed by atoms with Crippen LogP contribution in [0.4, 0.5) is 0 Å². The molecule has 0 aliphatic heterocycles. The lowest BCUT2D eigenvalue weighted by Gasteiger charge is -2.35. The van der Waals surface area contributed by atoms with Crippen molar-refractivity contribution in [2.75, 3.05) is 0 Å². The molecule has 3 saturated carbocycles. The molecular formula is C8H13NO. The van der Waals surface area contributed by atoms with Crippen molar-refractivity contribution in [1.82, 2.24) is 0 Å². The van der Waals surface area contributed by atoms with E-state index in [-0.39, 0.29) is 11.3 Å². The monoisotopic (exact) mass is 139 g/mol. The number of hydrogen-bond donors (Lipinski definition) is 1. The molecule has 0 heterocycles. The van der Waals surface area contributed by atoms with Gasteiger partial charge in [0.2, 0.25) is 5.91 Å². The summed E-state index contributed by atoms with van der Waals surface area (Å²) in [6.45, 7) is 2.22. The fourth-order valence-corrected chi connectivity index (χ4v) is 2.60. The summed E-state index contributed by atoms with van der Waals surface area (Å²) in [7, 11) is 0. The smallest absolute Gasteiger partial charge is 0.223 e. The predicted octanol–water partition coefficient (Wildman–Crippen LogP) is 0.908. The molecule has 1 amide bonds. The van der Waals surface area contributed by atoms with Crippen LogP contribution in [0.1, 0.15) is 26.2 Å². The molecule has 0 aromatic carbocycles. The van der Waals surface area contributed by atoms with Crippen LogP contribution in [0.5, 0.6) is 0 Å². The van der Waals surface area contributed by atoms with E-state index in [1.807, 2.05) is 0 Å². The minimum absolute atomic E-state index is 0.0515. The molecule has 0 aromatic rings. The fourth-order valence-electron chi connectivity index (χ4n) is 2.60. The van der Waals surface area contributed by atoms with Gasteiger partial charge in [-0.25, -0.2) is 0 Å². The maximum atomic E-state index is 10.9. The van der Waals surface area contributed by atoms with Crippen molar-refractivity contribution < 1.29 is 4.79 Å². The lowest BCUT2D eigenvalue weighted by molar-refractivity contribution is -0.131. The third-order valence-corrected chi connectivity index (χ3v) is 3.35. The topological polar surface area (TPSA) is 43.1 Å². The van der Waals surface area contributed by atoms with E-state index in [1.54, 1.807) is 0 Å². The van der Waals surface area contributed by atoms with E-state index < -0.39 is 0 Å². The molecule has 0 unspecified atom stereocenters. The summed E-state index contributed by atoms with van der Waals surface area (Å²) in [5.74, 6) is 1.49. The van der Waals surface area contributed by atoms with Crippen LogP contribution in [0.3, 0.4) is 0 Å². The molecule has 2 bridgehead atoms. The van der Waals surface area contributed by atoms with E-state index in [0.717, 1.165) is 31.1 Å². The van der Waals surface area contributed by atoms with Crippen LogP contribution in [0, 0.1) is 17.3 Å². The number of carbonyl (C=O) groups is 1. The maximum absolute atomic E-state index is 10.9. The molecule has 3 rings (SSSR count). The Labute approximate surface area is 60.8 Å². The second-order valence-corrected chi connectivity index (χ2v) is 3.99. The molecule has 0 aromatic heterocycles. The van der Waals surface area contributed by atoms with Gasteiger partial charge >= 0.3 is 0 Å². The van der Waals surface area contributed by atoms with Gasteiger partial charge < -0.3 is 5.73 Å². The largest absolute Gasteiger partial charge is 0.369 e. The zero-order valence-corrected chi connectivity index (χ0v) is 6.26. The van der Waals surface area contributed by atoms with Gasteiger partial charge in [-0.3, -0.25) is 4.79 Å². The SMILES string of the molecule is C[C@@H]1CC2(C(N)=O)CC1C2. The number of carbonyl (C=O) groups excluding carboxylic acids is 1. The van der Waals surface area contributed by atoms with Crippen molar-refractivity contribution in [3.05, 3.63) is 0 Å². The van der Waals surface area contributed by atoms with E-state index in [4.69, 9.17) is 5.73 Å². The van der Waals surface area contributed by atoms with Crippen LogP contribution in [-0.4, -0.2) is 5.91 Å². The summed E-state index contributed by atoms with van der Waals surface area (Å²) in [6, 6.07) is 0. The summed E-state index contributed by atoms with van der Waals surface area (Å²) in [6.07, 6.45) is 3.19. The van der Waals surface area contributed by atoms with Crippen LogP contribution >= 0.6 is 0 Å². The summed E-state index contributed by atoms with van der Waals surface area (Å²) in [5.41, 5.74) is 5.24. The van der Waals surface area contributed by atoms with E-state index in [0.29, 0.717) is 0 Å². The number of rotatable bonds is 1. The molecule has 56 valence electrons. The highest BCUT2D eigenvalue weighted by Gasteiger charge is 2.57. The number of amides is 1. The average Bonchev–Trinajstić information content (AvgIpc) is 2.16. The third-order valence-electron chi connectivity index (χ3n) is 3.35. The summed E-state index contributed by atoms with van der Waals surface area (Å²) in [5, 5.41) is 0. The van der Waals surface area contributed by atoms with Crippen molar-refractivity contribution in [3.8, 4) is 0 Å². The molecule has 2 heteroatoms. The quantitative estimate of drug-likeness (QED) is 0.576. The van der Waals surface area contributed by atoms with Crippen LogP contribution < -0.4 is 5.73 Å². The lowest BCUT2D eigenvalue weighted by Crippen LogP contribution is -2.41. The second-order valence-electron chi connectivity index (χ2n) is 3.99. The van der Waals surface area contributed by atoms with E-state index in [9.17, 15) is 4.79 Å². The molecule has 3 fully saturated rings. The molecule has 10 heavy (non-hydrogen) atoms. The number of fused-ring (bicyclic) bond motifs is 1. The Morgan fingerprint density at radius 2 is 2.10 bits per heavy atom. The van der Waals surface area contributed by atoms with Crippen molar-refractivity contribution in [3.63, 3.8) is 0 Å². The Balaban J connectivity index is 2.18. The van der Waals surface area contributed by atoms with Gasteiger partial charge in [0, 0.05) is 5.41 Å². The van der Waals surface area contributed by atoms with Gasteiger partial charge in [-0.1, -0.05) is 6.92 Å². The Kier molecular flexibility index (Phi) is 0.960. The third kappa shape index (κ3) is 0.522. The molecule has 0 radical (unpaired) electrons. The first kappa shape index (κ1) is 6.20. The molecular weight excluding hydrogens is 126 g/mol. The van der Waals surface area contributed by atoms with Crippen molar-refractivity contribution in [1.29, 1.82) is 0 Å². The minimum Gasteiger partial charge on any atom is -0.369 e. The van der Waals surface area contributed by atoms with Gasteiger partial charge in [0.15, 0.2) is 0 Å². The first-order valence-corrected chi connectivity index (χ1v) is 3.94. The number of primary amides is 1. The first-order valence-electron chi connectivity index (χ1n) is 3.94. The maximum Gasteiger partial charge on any atom is 0.223 e. The highest BCUT2D eigenvalue weighted by atomic mass is 16.1. The van der Waals surface area contributed by atoms with Gasteiger partial charge in [-0.2, -0.15) is 0 Å². The van der Waals surface area contributed by atoms with Gasteiger partial charge in [-0.05, 0) is 31.1 Å². The minimum atomic E-state index is -0.0619. The molecule has 0 saturated heterocycles. The number of nitrogens with two attached hydrogens (primary N) is 1. The van der Waals surface area contributed by atoms with Gasteiger partial charge in [-0.15, -0.1) is 0 Å². The van der Waals surface area contributed by atoms with Crippen LogP contribution in [0.2, 0.25) is 0 Å². The van der Waals surface area contributed by atoms with Crippen molar-refractivity contribution in [2.45, 2.75) is 26.2 Å². The fraction of sp³-hybridized carbons (Fsp3) is 0.875. The van der Waals surface area contributed by atoms with Crippen LogP contribution in [0.25, 0.3) is 0 Å². The Bertz CT molecular complexity index is 182. The summed E-state index contributed by atoms with van der Waals surface area (Å²) < 4.78 is 0. The van der Waals surface area contributed by atoms with E-state index in [2.05, 4.69) is 6.92 Å². The Morgan fingerprint density at radius 1 is 1.50 bits per heavy atom. The molecule has 2 nitrogen and oxygen atoms in total. The van der Waals surface area contributed by atoms with Gasteiger partial charge in [0.05, 0.1) is 0 Å². The van der Waals surface area contributed by atoms with Crippen molar-refractivity contribution >= 4 is 5.91 Å².